The van der Waals surface area contributed by atoms with Gasteiger partial charge in [-0.2, -0.15) is 0 Å². The molecule has 11 heavy (non-hydrogen) atoms. The smallest absolute Gasteiger partial charge is 0.0358 e. The molecule has 0 heterocycles. The molecule has 0 radical (unpaired) electrons. The summed E-state index contributed by atoms with van der Waals surface area (Å²) in [6, 6.07) is 0. The molecular formula is C9H14N2. The van der Waals surface area contributed by atoms with Crippen molar-refractivity contribution in [2.75, 3.05) is 0 Å². The van der Waals surface area contributed by atoms with Gasteiger partial charge >= 0.3 is 0 Å². The average Bonchev–Trinajstić information content (AvgIpc) is 1.98. The van der Waals surface area contributed by atoms with Crippen LogP contribution in [0.5, 0.6) is 0 Å². The van der Waals surface area contributed by atoms with Crippen molar-refractivity contribution in [1.82, 2.24) is 0 Å². The molecule has 0 aromatic rings. The zero-order valence-electron chi connectivity index (χ0n) is 7.23. The van der Waals surface area contributed by atoms with E-state index in [1.807, 2.05) is 26.0 Å². The highest BCUT2D eigenvalue weighted by Gasteiger charge is 1.97. The summed E-state index contributed by atoms with van der Waals surface area (Å²) in [7, 11) is 0. The zero-order chi connectivity index (χ0) is 8.85. The maximum Gasteiger partial charge on any atom is 0.0358 e. The van der Waals surface area contributed by atoms with Crippen molar-refractivity contribution in [3.8, 4) is 0 Å². The fraction of sp³-hybridized carbons (Fsp3) is 0.333. The molecule has 0 fully saturated rings. The summed E-state index contributed by atoms with van der Waals surface area (Å²) in [6.07, 6.45) is 5.00. The van der Waals surface area contributed by atoms with E-state index in [1.54, 1.807) is 6.92 Å². The minimum Gasteiger partial charge on any atom is -0.308 e. The van der Waals surface area contributed by atoms with Crippen molar-refractivity contribution in [3.63, 3.8) is 0 Å². The van der Waals surface area contributed by atoms with Crippen LogP contribution in [0.1, 0.15) is 20.8 Å². The fourth-order valence-electron chi connectivity index (χ4n) is 0.797. The first-order valence-corrected chi connectivity index (χ1v) is 3.53. The van der Waals surface area contributed by atoms with E-state index in [9.17, 15) is 0 Å². The van der Waals surface area contributed by atoms with Crippen molar-refractivity contribution in [2.45, 2.75) is 20.8 Å². The lowest BCUT2D eigenvalue weighted by Crippen LogP contribution is -1.96. The van der Waals surface area contributed by atoms with Gasteiger partial charge in [0.25, 0.3) is 0 Å². The van der Waals surface area contributed by atoms with Gasteiger partial charge in [-0.15, -0.1) is 0 Å². The minimum atomic E-state index is 0.504. The lowest BCUT2D eigenvalue weighted by Gasteiger charge is -2.00. The number of hydrogen-bond donors (Lipinski definition) is 2. The van der Waals surface area contributed by atoms with Crippen LogP contribution >= 0.6 is 0 Å². The maximum absolute atomic E-state index is 7.38. The van der Waals surface area contributed by atoms with E-state index >= 15 is 0 Å². The standard InChI is InChI=1S/C9H14N2/c1-4-5-9(8(3)11)7(2)6-10/h4-6,10-11H,1-3H3/b5-4-,9-7+,10-6?,11-8?. The van der Waals surface area contributed by atoms with E-state index < -0.39 is 0 Å². The molecule has 0 aliphatic rings. The molecule has 0 aliphatic heterocycles. The molecule has 0 aromatic heterocycles. The lowest BCUT2D eigenvalue weighted by atomic mass is 10.1. The summed E-state index contributed by atoms with van der Waals surface area (Å²) in [5.74, 6) is 0. The van der Waals surface area contributed by atoms with E-state index in [-0.39, 0.29) is 0 Å². The second-order valence-electron chi connectivity index (χ2n) is 2.37. The van der Waals surface area contributed by atoms with E-state index in [4.69, 9.17) is 10.8 Å². The molecule has 0 aromatic carbocycles. The van der Waals surface area contributed by atoms with Gasteiger partial charge in [-0.1, -0.05) is 12.2 Å². The first kappa shape index (κ1) is 9.82. The summed E-state index contributed by atoms with van der Waals surface area (Å²) in [6.45, 7) is 5.46. The molecule has 0 saturated heterocycles. The van der Waals surface area contributed by atoms with Crippen LogP contribution in [-0.4, -0.2) is 11.9 Å². The molecule has 2 N–H and O–H groups in total. The minimum absolute atomic E-state index is 0.504. The second-order valence-corrected chi connectivity index (χ2v) is 2.37. The molecule has 2 nitrogen and oxygen atoms in total. The topological polar surface area (TPSA) is 47.7 Å². The van der Waals surface area contributed by atoms with Crippen molar-refractivity contribution in [2.24, 2.45) is 0 Å². The van der Waals surface area contributed by atoms with Gasteiger partial charge in [-0.25, -0.2) is 0 Å². The number of nitrogens with one attached hydrogen (secondary N) is 2. The van der Waals surface area contributed by atoms with E-state index in [2.05, 4.69) is 0 Å². The van der Waals surface area contributed by atoms with Gasteiger partial charge in [0.05, 0.1) is 0 Å². The zero-order valence-corrected chi connectivity index (χ0v) is 7.23. The Labute approximate surface area is 67.7 Å². The van der Waals surface area contributed by atoms with Gasteiger partial charge in [-0.05, 0) is 31.9 Å². The molecule has 0 aliphatic carbocycles. The highest BCUT2D eigenvalue weighted by Crippen LogP contribution is 2.04. The third-order valence-corrected chi connectivity index (χ3v) is 1.38. The number of rotatable bonds is 3. The Morgan fingerprint density at radius 1 is 1.27 bits per heavy atom. The van der Waals surface area contributed by atoms with E-state index in [0.717, 1.165) is 11.1 Å². The number of hydrogen-bond acceptors (Lipinski definition) is 2. The molecule has 0 rings (SSSR count). The highest BCUT2D eigenvalue weighted by atomic mass is 14.4. The van der Waals surface area contributed by atoms with Crippen LogP contribution < -0.4 is 0 Å². The monoisotopic (exact) mass is 150 g/mol. The Balaban J connectivity index is 4.87. The average molecular weight is 150 g/mol. The van der Waals surface area contributed by atoms with Gasteiger partial charge in [0.1, 0.15) is 0 Å². The van der Waals surface area contributed by atoms with Crippen LogP contribution in [0, 0.1) is 10.8 Å². The fourth-order valence-corrected chi connectivity index (χ4v) is 0.797. The maximum atomic E-state index is 7.38. The summed E-state index contributed by atoms with van der Waals surface area (Å²) >= 11 is 0. The van der Waals surface area contributed by atoms with Crippen LogP contribution in [0.2, 0.25) is 0 Å². The molecule has 2 heteroatoms. The third-order valence-electron chi connectivity index (χ3n) is 1.38. The quantitative estimate of drug-likeness (QED) is 0.459. The predicted octanol–water partition coefficient (Wildman–Crippen LogP) is 2.57. The van der Waals surface area contributed by atoms with Crippen LogP contribution in [0.4, 0.5) is 0 Å². The molecule has 0 unspecified atom stereocenters. The van der Waals surface area contributed by atoms with Crippen molar-refractivity contribution >= 4 is 11.9 Å². The van der Waals surface area contributed by atoms with Crippen LogP contribution in [0.15, 0.2) is 23.3 Å². The highest BCUT2D eigenvalue weighted by molar-refractivity contribution is 6.03. The molecule has 0 spiro atoms. The van der Waals surface area contributed by atoms with Gasteiger partial charge in [-0.3, -0.25) is 0 Å². The first-order valence-electron chi connectivity index (χ1n) is 3.53. The number of allylic oxidation sites excluding steroid dienone is 4. The molecule has 60 valence electrons. The Hall–Kier alpha value is -1.18. The molecule has 0 atom stereocenters. The van der Waals surface area contributed by atoms with Crippen LogP contribution in [0.25, 0.3) is 0 Å². The lowest BCUT2D eigenvalue weighted by molar-refractivity contribution is 1.41. The van der Waals surface area contributed by atoms with E-state index in [0.29, 0.717) is 5.71 Å². The predicted molar refractivity (Wildman–Crippen MR) is 49.7 cm³/mol. The van der Waals surface area contributed by atoms with E-state index in [1.165, 1.54) is 6.21 Å². The SMILES string of the molecule is C/C=C\C(C(C)=N)=C(\C)C=N. The largest absolute Gasteiger partial charge is 0.308 e. The first-order chi connectivity index (χ1) is 5.13. The Kier molecular flexibility index (Phi) is 4.11. The van der Waals surface area contributed by atoms with Gasteiger partial charge < -0.3 is 10.8 Å². The van der Waals surface area contributed by atoms with Crippen molar-refractivity contribution < 1.29 is 0 Å². The third kappa shape index (κ3) is 2.94. The normalized spacial score (nSPS) is 13.0. The Morgan fingerprint density at radius 2 is 1.82 bits per heavy atom. The summed E-state index contributed by atoms with van der Waals surface area (Å²) in [5.41, 5.74) is 2.17. The van der Waals surface area contributed by atoms with Gasteiger partial charge in [0.15, 0.2) is 0 Å². The second kappa shape index (κ2) is 4.61. The summed E-state index contributed by atoms with van der Waals surface area (Å²) < 4.78 is 0. The van der Waals surface area contributed by atoms with Crippen molar-refractivity contribution in [1.29, 1.82) is 10.8 Å². The van der Waals surface area contributed by atoms with Crippen molar-refractivity contribution in [3.05, 3.63) is 23.3 Å². The molecule has 0 bridgehead atoms. The van der Waals surface area contributed by atoms with Crippen LogP contribution in [0.3, 0.4) is 0 Å². The molecule has 0 saturated carbocycles. The van der Waals surface area contributed by atoms with Gasteiger partial charge in [0.2, 0.25) is 0 Å². The van der Waals surface area contributed by atoms with Crippen LogP contribution in [-0.2, 0) is 0 Å². The molecular weight excluding hydrogens is 136 g/mol. The Morgan fingerprint density at radius 3 is 2.09 bits per heavy atom. The summed E-state index contributed by atoms with van der Waals surface area (Å²) in [5, 5.41) is 14.4. The summed E-state index contributed by atoms with van der Waals surface area (Å²) in [4.78, 5) is 0. The van der Waals surface area contributed by atoms with Gasteiger partial charge in [0, 0.05) is 11.9 Å². The molecule has 0 amide bonds. The Bertz CT molecular complexity index is 222.